The first-order valence-electron chi connectivity index (χ1n) is 13.8. The van der Waals surface area contributed by atoms with Gasteiger partial charge in [-0.2, -0.15) is 0 Å². The first kappa shape index (κ1) is 27.2. The molecular weight excluding hydrogens is 494 g/mol. The third-order valence-corrected chi connectivity index (χ3v) is 9.29. The molecule has 4 fully saturated rings. The van der Waals surface area contributed by atoms with E-state index in [1.54, 1.807) is 14.0 Å². The second-order valence-corrected chi connectivity index (χ2v) is 13.9. The first-order chi connectivity index (χ1) is 18.1. The molecule has 3 saturated carbocycles. The van der Waals surface area contributed by atoms with E-state index in [4.69, 9.17) is 6.57 Å². The van der Waals surface area contributed by atoms with E-state index in [1.807, 2.05) is 45.0 Å². The SMILES string of the molecule is [C-]#[N+][C@@H]1C[C@@]2(CN1C(=O)[C@H](CC(C)(C)C)N(C)C(=O)[C@H](C)NC(=O)C13CC(C)(C1)C3)C(=O)Nc1ccccc12. The molecule has 208 valence electrons. The molecule has 2 bridgehead atoms. The van der Waals surface area contributed by atoms with Gasteiger partial charge in [0, 0.05) is 19.3 Å². The van der Waals surface area contributed by atoms with Crippen LogP contribution in [-0.2, 0) is 24.6 Å². The Hall–Kier alpha value is -3.41. The minimum Gasteiger partial charge on any atom is -0.344 e. The molecule has 0 radical (unpaired) electrons. The van der Waals surface area contributed by atoms with Gasteiger partial charge in [-0.3, -0.25) is 28.9 Å². The average molecular weight is 534 g/mol. The van der Waals surface area contributed by atoms with Crippen molar-refractivity contribution in [2.75, 3.05) is 18.9 Å². The zero-order chi connectivity index (χ0) is 28.5. The number of rotatable bonds is 6. The number of nitrogens with zero attached hydrogens (tertiary/aromatic N) is 3. The van der Waals surface area contributed by atoms with Gasteiger partial charge < -0.3 is 15.5 Å². The maximum Gasteiger partial charge on any atom is 0.302 e. The summed E-state index contributed by atoms with van der Waals surface area (Å²) in [7, 11) is 1.59. The monoisotopic (exact) mass is 533 g/mol. The van der Waals surface area contributed by atoms with Crippen molar-refractivity contribution in [2.24, 2.45) is 16.2 Å². The number of hydrogen-bond donors (Lipinski definition) is 2. The highest BCUT2D eigenvalue weighted by atomic mass is 16.2. The van der Waals surface area contributed by atoms with Crippen LogP contribution in [0.15, 0.2) is 24.3 Å². The molecule has 2 heterocycles. The van der Waals surface area contributed by atoms with Gasteiger partial charge in [0.15, 0.2) is 0 Å². The molecule has 9 nitrogen and oxygen atoms in total. The van der Waals surface area contributed by atoms with E-state index in [2.05, 4.69) is 22.4 Å². The van der Waals surface area contributed by atoms with Crippen molar-refractivity contribution in [1.29, 1.82) is 0 Å². The van der Waals surface area contributed by atoms with Crippen LogP contribution in [0.25, 0.3) is 4.85 Å². The zero-order valence-corrected chi connectivity index (χ0v) is 23.8. The van der Waals surface area contributed by atoms with Crippen LogP contribution >= 0.6 is 0 Å². The maximum absolute atomic E-state index is 14.2. The van der Waals surface area contributed by atoms with Crippen LogP contribution in [0.4, 0.5) is 5.69 Å². The number of amides is 4. The van der Waals surface area contributed by atoms with Crippen LogP contribution in [0.5, 0.6) is 0 Å². The highest BCUT2D eigenvalue weighted by Gasteiger charge is 2.69. The maximum atomic E-state index is 14.2. The van der Waals surface area contributed by atoms with Crippen molar-refractivity contribution in [3.8, 4) is 0 Å². The Kier molecular flexibility index (Phi) is 6.13. The summed E-state index contributed by atoms with van der Waals surface area (Å²) in [4.78, 5) is 60.5. The molecule has 9 heteroatoms. The lowest BCUT2D eigenvalue weighted by atomic mass is 9.35. The first-order valence-corrected chi connectivity index (χ1v) is 13.8. The molecule has 39 heavy (non-hydrogen) atoms. The van der Waals surface area contributed by atoms with Gasteiger partial charge in [-0.05, 0) is 55.1 Å². The summed E-state index contributed by atoms with van der Waals surface area (Å²) < 4.78 is 0. The normalized spacial score (nSPS) is 31.8. The largest absolute Gasteiger partial charge is 0.344 e. The number of benzene rings is 1. The van der Waals surface area contributed by atoms with Crippen LogP contribution < -0.4 is 10.6 Å². The topological polar surface area (TPSA) is 103 Å². The predicted molar refractivity (Wildman–Crippen MR) is 146 cm³/mol. The molecule has 1 saturated heterocycles. The second-order valence-electron chi connectivity index (χ2n) is 13.9. The molecule has 2 N–H and O–H groups in total. The van der Waals surface area contributed by atoms with Crippen molar-refractivity contribution in [1.82, 2.24) is 15.1 Å². The highest BCUT2D eigenvalue weighted by Crippen LogP contribution is 2.73. The minimum absolute atomic E-state index is 0.0813. The van der Waals surface area contributed by atoms with Gasteiger partial charge in [-0.1, -0.05) is 45.9 Å². The van der Waals surface area contributed by atoms with Gasteiger partial charge in [0.2, 0.25) is 17.7 Å². The smallest absolute Gasteiger partial charge is 0.302 e. The van der Waals surface area contributed by atoms with Gasteiger partial charge in [0.25, 0.3) is 5.91 Å². The van der Waals surface area contributed by atoms with Gasteiger partial charge in [0.1, 0.15) is 17.5 Å². The molecule has 0 aromatic heterocycles. The number of anilines is 1. The number of likely N-dealkylation sites (N-methyl/N-ethyl adjacent to an activating group) is 1. The number of para-hydroxylation sites is 1. The molecule has 4 amide bonds. The fourth-order valence-electron chi connectivity index (χ4n) is 7.52. The van der Waals surface area contributed by atoms with E-state index in [9.17, 15) is 19.2 Å². The summed E-state index contributed by atoms with van der Waals surface area (Å²) in [6.45, 7) is 17.8. The molecule has 4 atom stereocenters. The van der Waals surface area contributed by atoms with E-state index in [0.29, 0.717) is 12.1 Å². The fourth-order valence-corrected chi connectivity index (χ4v) is 7.52. The summed E-state index contributed by atoms with van der Waals surface area (Å²) >= 11 is 0. The van der Waals surface area contributed by atoms with Crippen LogP contribution in [0.1, 0.15) is 72.3 Å². The number of likely N-dealkylation sites (tertiary alicyclic amines) is 1. The molecular formula is C30H39N5O4. The fraction of sp³-hybridized carbons (Fsp3) is 0.633. The van der Waals surface area contributed by atoms with Crippen LogP contribution in [-0.4, -0.2) is 65.3 Å². The van der Waals surface area contributed by atoms with E-state index >= 15 is 0 Å². The summed E-state index contributed by atoms with van der Waals surface area (Å²) in [5.41, 5.74) is 0.153. The predicted octanol–water partition coefficient (Wildman–Crippen LogP) is 3.31. The lowest BCUT2D eigenvalue weighted by molar-refractivity contribution is -0.200. The molecule has 1 aromatic rings. The number of fused-ring (bicyclic) bond motifs is 2. The van der Waals surface area contributed by atoms with E-state index in [0.717, 1.165) is 24.8 Å². The Morgan fingerprint density at radius 1 is 1.23 bits per heavy atom. The quantitative estimate of drug-likeness (QED) is 0.548. The van der Waals surface area contributed by atoms with Gasteiger partial charge in [0.05, 0.1) is 11.8 Å². The minimum atomic E-state index is -0.989. The van der Waals surface area contributed by atoms with Crippen LogP contribution in [0.2, 0.25) is 0 Å². The van der Waals surface area contributed by atoms with E-state index < -0.39 is 23.7 Å². The summed E-state index contributed by atoms with van der Waals surface area (Å²) in [5, 5.41) is 5.82. The summed E-state index contributed by atoms with van der Waals surface area (Å²) in [6.07, 6.45) is 2.34. The van der Waals surface area contributed by atoms with Gasteiger partial charge in [-0.25, -0.2) is 6.57 Å². The lowest BCUT2D eigenvalue weighted by Gasteiger charge is -2.68. The summed E-state index contributed by atoms with van der Waals surface area (Å²) in [6, 6.07) is 5.78. The Morgan fingerprint density at radius 3 is 2.46 bits per heavy atom. The molecule has 2 aliphatic heterocycles. The number of hydrogen-bond acceptors (Lipinski definition) is 4. The average Bonchev–Trinajstić information content (AvgIpc) is 3.36. The van der Waals surface area contributed by atoms with Crippen LogP contribution in [0.3, 0.4) is 0 Å². The molecule has 0 unspecified atom stereocenters. The Bertz CT molecular complexity index is 1270. The van der Waals surface area contributed by atoms with Gasteiger partial charge >= 0.3 is 6.17 Å². The van der Waals surface area contributed by atoms with Crippen molar-refractivity contribution in [2.45, 2.75) is 90.4 Å². The third-order valence-electron chi connectivity index (χ3n) is 9.29. The Morgan fingerprint density at radius 2 is 1.87 bits per heavy atom. The molecule has 5 aliphatic rings. The molecule has 1 aromatic carbocycles. The van der Waals surface area contributed by atoms with E-state index in [1.165, 1.54) is 9.80 Å². The summed E-state index contributed by atoms with van der Waals surface area (Å²) in [5.74, 6) is -0.981. The van der Waals surface area contributed by atoms with Crippen LogP contribution in [0, 0.1) is 22.8 Å². The zero-order valence-electron chi connectivity index (χ0n) is 23.8. The molecule has 6 rings (SSSR count). The number of nitrogens with one attached hydrogen (secondary N) is 2. The van der Waals surface area contributed by atoms with Gasteiger partial charge in [-0.15, -0.1) is 0 Å². The highest BCUT2D eigenvalue weighted by molar-refractivity contribution is 6.07. The second kappa shape index (κ2) is 8.80. The molecule has 3 aliphatic carbocycles. The number of carbonyl (C=O) groups excluding carboxylic acids is 4. The van der Waals surface area contributed by atoms with Crippen molar-refractivity contribution >= 4 is 29.3 Å². The standard InChI is InChI=1S/C30H39N5O4/c1-18(32-25(38)29-14-28(5,15-29)16-29)23(36)34(7)21(12-27(2,3)4)24(37)35-17-30(13-22(35)31-6)19-10-8-9-11-20(19)33-26(30)39/h8-11,18,21-22H,12-17H2,1-5,7H3,(H,32,38)(H,33,39)/t18-,21-,22-,28?,29?,30-/m0/s1. The van der Waals surface area contributed by atoms with Crippen molar-refractivity contribution in [3.63, 3.8) is 0 Å². The Balaban J connectivity index is 1.36. The molecule has 1 spiro atoms. The Labute approximate surface area is 230 Å². The van der Waals surface area contributed by atoms with Crippen molar-refractivity contribution in [3.05, 3.63) is 41.2 Å². The lowest BCUT2D eigenvalue weighted by Crippen LogP contribution is -2.68. The van der Waals surface area contributed by atoms with E-state index in [-0.39, 0.29) is 52.8 Å². The number of carbonyl (C=O) groups is 4. The third kappa shape index (κ3) is 4.29. The van der Waals surface area contributed by atoms with Crippen molar-refractivity contribution < 1.29 is 19.2 Å².